The van der Waals surface area contributed by atoms with E-state index in [9.17, 15) is 0 Å². The highest BCUT2D eigenvalue weighted by Gasteiger charge is 2.15. The highest BCUT2D eigenvalue weighted by molar-refractivity contribution is 5.75. The van der Waals surface area contributed by atoms with Crippen LogP contribution in [0.15, 0.2) is 48.7 Å². The lowest BCUT2D eigenvalue weighted by Gasteiger charge is -2.29. The Labute approximate surface area is 108 Å². The predicted octanol–water partition coefficient (Wildman–Crippen LogP) is 3.74. The van der Waals surface area contributed by atoms with E-state index in [1.165, 1.54) is 30.4 Å². The number of hydrogen-bond acceptors (Lipinski definition) is 2. The summed E-state index contributed by atoms with van der Waals surface area (Å²) in [5, 5.41) is 0. The third-order valence-corrected chi connectivity index (χ3v) is 3.53. The van der Waals surface area contributed by atoms with Crippen molar-refractivity contribution < 1.29 is 0 Å². The van der Waals surface area contributed by atoms with Crippen molar-refractivity contribution >= 4 is 5.82 Å². The first kappa shape index (κ1) is 11.3. The van der Waals surface area contributed by atoms with E-state index in [1.54, 1.807) is 0 Å². The average molecular weight is 238 g/mol. The summed E-state index contributed by atoms with van der Waals surface area (Å²) in [5.74, 6) is 1.14. The van der Waals surface area contributed by atoms with E-state index in [-0.39, 0.29) is 0 Å². The maximum absolute atomic E-state index is 4.60. The van der Waals surface area contributed by atoms with Crippen molar-refractivity contribution in [3.8, 4) is 11.1 Å². The van der Waals surface area contributed by atoms with Gasteiger partial charge in [-0.15, -0.1) is 0 Å². The van der Waals surface area contributed by atoms with Crippen molar-refractivity contribution in [2.45, 2.75) is 19.3 Å². The number of nitrogens with zero attached hydrogens (tertiary/aromatic N) is 2. The van der Waals surface area contributed by atoms with Crippen LogP contribution in [0.4, 0.5) is 5.82 Å². The molecule has 0 N–H and O–H groups in total. The Morgan fingerprint density at radius 3 is 2.39 bits per heavy atom. The minimum atomic E-state index is 1.14. The van der Waals surface area contributed by atoms with E-state index in [4.69, 9.17) is 0 Å². The largest absolute Gasteiger partial charge is 0.356 e. The number of benzene rings is 1. The summed E-state index contributed by atoms with van der Waals surface area (Å²) in [5.41, 5.74) is 2.51. The zero-order valence-electron chi connectivity index (χ0n) is 10.5. The molecule has 1 fully saturated rings. The number of piperidine rings is 1. The van der Waals surface area contributed by atoms with Crippen molar-refractivity contribution in [3.05, 3.63) is 48.7 Å². The molecule has 1 saturated heterocycles. The zero-order valence-corrected chi connectivity index (χ0v) is 10.5. The van der Waals surface area contributed by atoms with Crippen LogP contribution in [0.2, 0.25) is 0 Å². The molecule has 1 aromatic heterocycles. The van der Waals surface area contributed by atoms with Crippen molar-refractivity contribution in [1.29, 1.82) is 0 Å². The Kier molecular flexibility index (Phi) is 3.26. The average Bonchev–Trinajstić information content (AvgIpc) is 2.49. The molecule has 0 radical (unpaired) electrons. The minimum Gasteiger partial charge on any atom is -0.356 e. The molecule has 0 unspecified atom stereocenters. The molecule has 2 heterocycles. The molecule has 2 heteroatoms. The molecule has 0 spiro atoms. The van der Waals surface area contributed by atoms with Gasteiger partial charge in [-0.3, -0.25) is 0 Å². The van der Waals surface area contributed by atoms with Crippen LogP contribution in [0.25, 0.3) is 11.1 Å². The summed E-state index contributed by atoms with van der Waals surface area (Å²) in [6.07, 6.45) is 5.82. The number of hydrogen-bond donors (Lipinski definition) is 0. The van der Waals surface area contributed by atoms with Crippen LogP contribution in [-0.4, -0.2) is 18.1 Å². The molecule has 0 atom stereocenters. The van der Waals surface area contributed by atoms with Crippen molar-refractivity contribution in [2.24, 2.45) is 0 Å². The van der Waals surface area contributed by atoms with Crippen LogP contribution in [0.3, 0.4) is 0 Å². The van der Waals surface area contributed by atoms with Gasteiger partial charge >= 0.3 is 0 Å². The van der Waals surface area contributed by atoms with Gasteiger partial charge in [-0.1, -0.05) is 30.3 Å². The smallest absolute Gasteiger partial charge is 0.136 e. The quantitative estimate of drug-likeness (QED) is 0.792. The van der Waals surface area contributed by atoms with Crippen molar-refractivity contribution in [1.82, 2.24) is 4.98 Å². The predicted molar refractivity (Wildman–Crippen MR) is 75.7 cm³/mol. The summed E-state index contributed by atoms with van der Waals surface area (Å²) >= 11 is 0. The maximum Gasteiger partial charge on any atom is 0.136 e. The lowest BCUT2D eigenvalue weighted by molar-refractivity contribution is 0.574. The Balaban J connectivity index is 1.99. The lowest BCUT2D eigenvalue weighted by atomic mass is 10.0. The second-order valence-corrected chi connectivity index (χ2v) is 4.79. The SMILES string of the molecule is c1ccc(-c2cccnc2N2CCCCC2)cc1. The third-order valence-electron chi connectivity index (χ3n) is 3.53. The van der Waals surface area contributed by atoms with E-state index < -0.39 is 0 Å². The Morgan fingerprint density at radius 1 is 0.833 bits per heavy atom. The normalized spacial score (nSPS) is 15.7. The van der Waals surface area contributed by atoms with E-state index in [0.717, 1.165) is 18.9 Å². The molecule has 18 heavy (non-hydrogen) atoms. The van der Waals surface area contributed by atoms with E-state index >= 15 is 0 Å². The Bertz CT molecular complexity index is 502. The van der Waals surface area contributed by atoms with Gasteiger partial charge in [0.25, 0.3) is 0 Å². The van der Waals surface area contributed by atoms with E-state index in [2.05, 4.69) is 46.3 Å². The van der Waals surface area contributed by atoms with Gasteiger partial charge in [-0.05, 0) is 37.0 Å². The lowest BCUT2D eigenvalue weighted by Crippen LogP contribution is -2.30. The number of anilines is 1. The van der Waals surface area contributed by atoms with Crippen molar-refractivity contribution in [3.63, 3.8) is 0 Å². The van der Waals surface area contributed by atoms with Gasteiger partial charge < -0.3 is 4.90 Å². The van der Waals surface area contributed by atoms with E-state index in [0.29, 0.717) is 0 Å². The first-order valence-electron chi connectivity index (χ1n) is 6.70. The molecule has 1 aliphatic rings. The van der Waals surface area contributed by atoms with Crippen molar-refractivity contribution in [2.75, 3.05) is 18.0 Å². The number of aromatic nitrogens is 1. The number of pyridine rings is 1. The van der Waals surface area contributed by atoms with Gasteiger partial charge in [0.1, 0.15) is 5.82 Å². The summed E-state index contributed by atoms with van der Waals surface area (Å²) < 4.78 is 0. The summed E-state index contributed by atoms with van der Waals surface area (Å²) in [4.78, 5) is 7.03. The van der Waals surface area contributed by atoms with Gasteiger partial charge in [0.05, 0.1) is 0 Å². The van der Waals surface area contributed by atoms with Gasteiger partial charge in [0.2, 0.25) is 0 Å². The Morgan fingerprint density at radius 2 is 1.61 bits per heavy atom. The third kappa shape index (κ3) is 2.23. The summed E-state index contributed by atoms with van der Waals surface area (Å²) in [7, 11) is 0. The molecule has 92 valence electrons. The second-order valence-electron chi connectivity index (χ2n) is 4.79. The molecule has 0 saturated carbocycles. The van der Waals surface area contributed by atoms with Gasteiger partial charge in [0.15, 0.2) is 0 Å². The van der Waals surface area contributed by atoms with Crippen LogP contribution in [0.1, 0.15) is 19.3 Å². The minimum absolute atomic E-state index is 1.14. The standard InChI is InChI=1S/C16H18N2/c1-3-8-14(9-4-1)15-10-7-11-17-16(15)18-12-5-2-6-13-18/h1,3-4,7-11H,2,5-6,12-13H2. The molecule has 2 aromatic rings. The van der Waals surface area contributed by atoms with Crippen LogP contribution < -0.4 is 4.90 Å². The molecule has 1 aromatic carbocycles. The molecule has 1 aliphatic heterocycles. The zero-order chi connectivity index (χ0) is 12.2. The topological polar surface area (TPSA) is 16.1 Å². The first-order valence-corrected chi connectivity index (χ1v) is 6.70. The molecule has 0 bridgehead atoms. The molecular formula is C16H18N2. The Hall–Kier alpha value is -1.83. The van der Waals surface area contributed by atoms with E-state index in [1.807, 2.05) is 12.3 Å². The molecule has 0 aliphatic carbocycles. The summed E-state index contributed by atoms with van der Waals surface area (Å²) in [6, 6.07) is 14.7. The number of rotatable bonds is 2. The van der Waals surface area contributed by atoms with Gasteiger partial charge in [-0.2, -0.15) is 0 Å². The van der Waals surface area contributed by atoms with Gasteiger partial charge in [-0.25, -0.2) is 4.98 Å². The highest BCUT2D eigenvalue weighted by atomic mass is 15.2. The fraction of sp³-hybridized carbons (Fsp3) is 0.312. The van der Waals surface area contributed by atoms with Crippen LogP contribution in [0, 0.1) is 0 Å². The summed E-state index contributed by atoms with van der Waals surface area (Å²) in [6.45, 7) is 2.27. The molecule has 2 nitrogen and oxygen atoms in total. The maximum atomic E-state index is 4.60. The highest BCUT2D eigenvalue weighted by Crippen LogP contribution is 2.30. The molecular weight excluding hydrogens is 220 g/mol. The van der Waals surface area contributed by atoms with Crippen LogP contribution >= 0.6 is 0 Å². The van der Waals surface area contributed by atoms with Crippen LogP contribution in [0.5, 0.6) is 0 Å². The molecule has 0 amide bonds. The van der Waals surface area contributed by atoms with Gasteiger partial charge in [0, 0.05) is 24.8 Å². The fourth-order valence-corrected chi connectivity index (χ4v) is 2.60. The monoisotopic (exact) mass is 238 g/mol. The first-order chi connectivity index (χ1) is 8.95. The fourth-order valence-electron chi connectivity index (χ4n) is 2.60. The molecule has 3 rings (SSSR count). The van der Waals surface area contributed by atoms with Crippen LogP contribution in [-0.2, 0) is 0 Å². The second kappa shape index (κ2) is 5.21.